The Kier molecular flexibility index (Phi) is 7.84. The van der Waals surface area contributed by atoms with Crippen molar-refractivity contribution in [2.24, 2.45) is 5.92 Å². The number of hydrogen-bond acceptors (Lipinski definition) is 7. The first kappa shape index (κ1) is 25.3. The van der Waals surface area contributed by atoms with Crippen molar-refractivity contribution in [1.82, 2.24) is 15.1 Å². The van der Waals surface area contributed by atoms with E-state index >= 15 is 0 Å². The van der Waals surface area contributed by atoms with E-state index in [4.69, 9.17) is 4.74 Å². The van der Waals surface area contributed by atoms with Gasteiger partial charge in [0.1, 0.15) is 11.6 Å². The number of piperidine rings is 2. The first-order valence-corrected chi connectivity index (χ1v) is 12.8. The van der Waals surface area contributed by atoms with Gasteiger partial charge in [-0.2, -0.15) is 0 Å². The number of ether oxygens (including phenoxy) is 1. The van der Waals surface area contributed by atoms with Gasteiger partial charge in [0.15, 0.2) is 0 Å². The zero-order valence-electron chi connectivity index (χ0n) is 21.2. The zero-order chi connectivity index (χ0) is 25.0. The summed E-state index contributed by atoms with van der Waals surface area (Å²) in [7, 11) is 0. The average molecular weight is 486 g/mol. The molecule has 0 bridgehead atoms. The minimum absolute atomic E-state index is 0.199. The largest absolute Gasteiger partial charge is 0.444 e. The molecule has 1 aromatic carbocycles. The van der Waals surface area contributed by atoms with E-state index in [-0.39, 0.29) is 23.9 Å². The van der Waals surface area contributed by atoms with Crippen LogP contribution < -0.4 is 15.5 Å². The van der Waals surface area contributed by atoms with Gasteiger partial charge in [-0.1, -0.05) is 6.07 Å². The third kappa shape index (κ3) is 7.10. The van der Waals surface area contributed by atoms with E-state index in [1.54, 1.807) is 0 Å². The number of carbonyl (C=O) groups is 3. The molecule has 0 radical (unpaired) electrons. The highest BCUT2D eigenvalue weighted by atomic mass is 16.6. The molecule has 3 saturated heterocycles. The fourth-order valence-corrected chi connectivity index (χ4v) is 5.00. The van der Waals surface area contributed by atoms with Gasteiger partial charge >= 0.3 is 6.09 Å². The van der Waals surface area contributed by atoms with Gasteiger partial charge in [-0.3, -0.25) is 19.8 Å². The van der Waals surface area contributed by atoms with E-state index in [0.717, 1.165) is 70.0 Å². The van der Waals surface area contributed by atoms with Crippen LogP contribution in [0.1, 0.15) is 46.5 Å². The van der Waals surface area contributed by atoms with Crippen molar-refractivity contribution >= 4 is 29.3 Å². The molecule has 192 valence electrons. The Balaban J connectivity index is 1.21. The SMILES string of the molecule is CC(C)(C)OC(=O)N1CCN(CC2CCN(c3cccc(NC4CCC(=O)NC4=O)c3)CC2)CC1. The Morgan fingerprint density at radius 1 is 1.06 bits per heavy atom. The second kappa shape index (κ2) is 10.8. The smallest absolute Gasteiger partial charge is 0.410 e. The quantitative estimate of drug-likeness (QED) is 0.620. The van der Waals surface area contributed by atoms with Crippen LogP contribution in [0.3, 0.4) is 0 Å². The van der Waals surface area contributed by atoms with E-state index in [9.17, 15) is 14.4 Å². The maximum Gasteiger partial charge on any atom is 0.410 e. The Hall–Kier alpha value is -2.81. The van der Waals surface area contributed by atoms with Gasteiger partial charge in [-0.15, -0.1) is 0 Å². The topological polar surface area (TPSA) is 94.2 Å². The number of hydrogen-bond donors (Lipinski definition) is 2. The van der Waals surface area contributed by atoms with Gasteiger partial charge in [0, 0.05) is 63.6 Å². The second-order valence-corrected chi connectivity index (χ2v) is 10.9. The van der Waals surface area contributed by atoms with Gasteiger partial charge in [-0.05, 0) is 64.2 Å². The highest BCUT2D eigenvalue weighted by Crippen LogP contribution is 2.27. The van der Waals surface area contributed by atoms with Crippen LogP contribution in [-0.2, 0) is 14.3 Å². The molecule has 9 nitrogen and oxygen atoms in total. The Labute approximate surface area is 208 Å². The predicted molar refractivity (Wildman–Crippen MR) is 135 cm³/mol. The third-order valence-electron chi connectivity index (χ3n) is 6.95. The van der Waals surface area contributed by atoms with Crippen molar-refractivity contribution in [3.63, 3.8) is 0 Å². The lowest BCUT2D eigenvalue weighted by atomic mass is 9.95. The van der Waals surface area contributed by atoms with Crippen LogP contribution in [0.5, 0.6) is 0 Å². The lowest BCUT2D eigenvalue weighted by molar-refractivity contribution is -0.133. The standard InChI is InChI=1S/C26H39N5O4/c1-26(2,3)35-25(34)31-15-13-29(14-16-31)18-19-9-11-30(12-10-19)21-6-4-5-20(17-21)27-22-7-8-23(32)28-24(22)33/h4-6,17,19,22,27H,7-16,18H2,1-3H3,(H,28,32,33). The maximum atomic E-state index is 12.3. The van der Waals surface area contributed by atoms with Crippen LogP contribution in [0.4, 0.5) is 16.2 Å². The summed E-state index contributed by atoms with van der Waals surface area (Å²) in [5.41, 5.74) is 1.61. The van der Waals surface area contributed by atoms with Crippen molar-refractivity contribution in [3.05, 3.63) is 24.3 Å². The average Bonchev–Trinajstić information content (AvgIpc) is 2.81. The van der Waals surface area contributed by atoms with E-state index < -0.39 is 5.60 Å². The summed E-state index contributed by atoms with van der Waals surface area (Å²) in [5, 5.41) is 5.69. The summed E-state index contributed by atoms with van der Waals surface area (Å²) in [6, 6.07) is 7.83. The number of rotatable bonds is 5. The summed E-state index contributed by atoms with van der Waals surface area (Å²) in [4.78, 5) is 42.4. The summed E-state index contributed by atoms with van der Waals surface area (Å²) < 4.78 is 5.50. The van der Waals surface area contributed by atoms with Gasteiger partial charge in [0.2, 0.25) is 11.8 Å². The molecule has 9 heteroatoms. The molecule has 0 aromatic heterocycles. The number of anilines is 2. The number of nitrogens with one attached hydrogen (secondary N) is 2. The molecule has 3 heterocycles. The van der Waals surface area contributed by atoms with Crippen LogP contribution in [0.25, 0.3) is 0 Å². The molecule has 1 unspecified atom stereocenters. The van der Waals surface area contributed by atoms with Crippen LogP contribution >= 0.6 is 0 Å². The molecule has 3 fully saturated rings. The van der Waals surface area contributed by atoms with Gasteiger partial charge in [0.05, 0.1) is 0 Å². The fraction of sp³-hybridized carbons (Fsp3) is 0.654. The molecule has 0 spiro atoms. The number of amides is 3. The first-order valence-electron chi connectivity index (χ1n) is 12.8. The van der Waals surface area contributed by atoms with Crippen LogP contribution in [0.15, 0.2) is 24.3 Å². The molecule has 2 N–H and O–H groups in total. The minimum atomic E-state index is -0.456. The highest BCUT2D eigenvalue weighted by Gasteiger charge is 2.29. The lowest BCUT2D eigenvalue weighted by Gasteiger charge is -2.39. The molecule has 3 aliphatic heterocycles. The van der Waals surface area contributed by atoms with E-state index in [1.165, 1.54) is 0 Å². The predicted octanol–water partition coefficient (Wildman–Crippen LogP) is 2.67. The number of benzene rings is 1. The van der Waals surface area contributed by atoms with Crippen LogP contribution in [0.2, 0.25) is 0 Å². The van der Waals surface area contributed by atoms with E-state index in [0.29, 0.717) is 18.8 Å². The molecule has 3 amide bonds. The maximum absolute atomic E-state index is 12.3. The lowest BCUT2D eigenvalue weighted by Crippen LogP contribution is -2.51. The number of carbonyl (C=O) groups excluding carboxylic acids is 3. The van der Waals surface area contributed by atoms with Crippen molar-refractivity contribution < 1.29 is 19.1 Å². The normalized spacial score (nSPS) is 22.7. The van der Waals surface area contributed by atoms with E-state index in [2.05, 4.69) is 32.6 Å². The van der Waals surface area contributed by atoms with Gasteiger partial charge in [-0.25, -0.2) is 4.79 Å². The molecule has 0 saturated carbocycles. The molecule has 4 rings (SSSR count). The van der Waals surface area contributed by atoms with Crippen molar-refractivity contribution in [1.29, 1.82) is 0 Å². The molecule has 3 aliphatic rings. The van der Waals surface area contributed by atoms with Gasteiger partial charge in [0.25, 0.3) is 0 Å². The Bertz CT molecular complexity index is 915. The number of piperazine rings is 1. The second-order valence-electron chi connectivity index (χ2n) is 10.9. The molecular formula is C26H39N5O4. The number of nitrogens with zero attached hydrogens (tertiary/aromatic N) is 3. The first-order chi connectivity index (χ1) is 16.7. The van der Waals surface area contributed by atoms with E-state index in [1.807, 2.05) is 37.8 Å². The molecule has 1 aromatic rings. The molecule has 0 aliphatic carbocycles. The Morgan fingerprint density at radius 2 is 1.77 bits per heavy atom. The molecule has 35 heavy (non-hydrogen) atoms. The van der Waals surface area contributed by atoms with Gasteiger partial charge < -0.3 is 19.9 Å². The summed E-state index contributed by atoms with van der Waals surface area (Å²) in [5.74, 6) is 0.207. The number of imide groups is 1. The highest BCUT2D eigenvalue weighted by molar-refractivity contribution is 6.01. The van der Waals surface area contributed by atoms with Crippen LogP contribution in [-0.4, -0.2) is 85.2 Å². The molecular weight excluding hydrogens is 446 g/mol. The summed E-state index contributed by atoms with van der Waals surface area (Å²) in [6.07, 6.45) is 2.95. The third-order valence-corrected chi connectivity index (χ3v) is 6.95. The monoisotopic (exact) mass is 485 g/mol. The summed E-state index contributed by atoms with van der Waals surface area (Å²) in [6.45, 7) is 12.0. The Morgan fingerprint density at radius 3 is 2.43 bits per heavy atom. The van der Waals surface area contributed by atoms with Crippen LogP contribution in [0, 0.1) is 5.92 Å². The van der Waals surface area contributed by atoms with Crippen molar-refractivity contribution in [2.45, 2.75) is 58.1 Å². The zero-order valence-corrected chi connectivity index (χ0v) is 21.2. The molecule has 1 atom stereocenters. The fourth-order valence-electron chi connectivity index (χ4n) is 5.00. The minimum Gasteiger partial charge on any atom is -0.444 e. The van der Waals surface area contributed by atoms with Crippen molar-refractivity contribution in [2.75, 3.05) is 56.0 Å². The van der Waals surface area contributed by atoms with Crippen molar-refractivity contribution in [3.8, 4) is 0 Å². The summed E-state index contributed by atoms with van der Waals surface area (Å²) >= 11 is 0.